The van der Waals surface area contributed by atoms with E-state index in [1.165, 1.54) is 39.8 Å². The summed E-state index contributed by atoms with van der Waals surface area (Å²) in [6.45, 7) is 22.8. The van der Waals surface area contributed by atoms with Crippen LogP contribution in [0.3, 0.4) is 0 Å². The standard InChI is InChI=1S/C46H52N4O.Pt/c1-11-14-33-19-20-47-42(23-33)49-40-16-13-12-15-38(40)39-18-17-36(27-41(39)49)51-37-25-34(28(2)3)24-35(26-37)50-45(46(8,9)10)44(32(7)48-50)43-30(5)21-29(4)22-31(43)6;/h12-13,15-21,23-25,28-29,31,43H,11,14,22H2,1-10H3;/q-2;+2/t29-,31-,43?;/m0./s1. The SMILES string of the molecule is CCCc1ccnc(-n2c3[c-]c(Oc4[c-]c(-n5nc(C)c(C6C(C)=C[C@H](C)C[C@@H]6C)c5C(C)(C)C)cc(C(C)C)c4)ccc3c3ccccc32)c1.[Pt+2]. The molecule has 6 heteroatoms. The van der Waals surface area contributed by atoms with Gasteiger partial charge in [0.05, 0.1) is 11.4 Å². The molecule has 6 aromatic rings. The number of ether oxygens (including phenoxy) is 1. The predicted octanol–water partition coefficient (Wildman–Crippen LogP) is 12.1. The van der Waals surface area contributed by atoms with Crippen molar-refractivity contribution in [2.45, 2.75) is 106 Å². The largest absolute Gasteiger partial charge is 2.00 e. The molecule has 1 aliphatic rings. The van der Waals surface area contributed by atoms with Crippen molar-refractivity contribution in [1.29, 1.82) is 0 Å². The quantitative estimate of drug-likeness (QED) is 0.113. The summed E-state index contributed by atoms with van der Waals surface area (Å²) in [6.07, 6.45) is 7.66. The molecule has 3 heterocycles. The number of aromatic nitrogens is 4. The van der Waals surface area contributed by atoms with Gasteiger partial charge in [0.25, 0.3) is 0 Å². The van der Waals surface area contributed by atoms with Gasteiger partial charge in [0.1, 0.15) is 5.82 Å². The van der Waals surface area contributed by atoms with Crippen LogP contribution in [0.15, 0.2) is 78.5 Å². The summed E-state index contributed by atoms with van der Waals surface area (Å²) in [5.74, 6) is 3.95. The van der Waals surface area contributed by atoms with Crippen LogP contribution in [-0.2, 0) is 32.9 Å². The predicted molar refractivity (Wildman–Crippen MR) is 211 cm³/mol. The Labute approximate surface area is 324 Å². The number of benzene rings is 3. The van der Waals surface area contributed by atoms with Crippen LogP contribution in [-0.4, -0.2) is 19.3 Å². The number of hydrogen-bond donors (Lipinski definition) is 0. The van der Waals surface area contributed by atoms with Crippen LogP contribution in [0, 0.1) is 30.9 Å². The van der Waals surface area contributed by atoms with E-state index in [0.29, 0.717) is 29.3 Å². The number of hydrogen-bond acceptors (Lipinski definition) is 3. The van der Waals surface area contributed by atoms with E-state index in [2.05, 4.69) is 151 Å². The molecule has 52 heavy (non-hydrogen) atoms. The number of rotatable bonds is 8. The maximum atomic E-state index is 6.72. The zero-order chi connectivity index (χ0) is 36.2. The van der Waals surface area contributed by atoms with E-state index >= 15 is 0 Å². The maximum absolute atomic E-state index is 6.72. The van der Waals surface area contributed by atoms with Crippen LogP contribution >= 0.6 is 0 Å². The molecular weight excluding hydrogens is 820 g/mol. The Morgan fingerprint density at radius 3 is 2.42 bits per heavy atom. The summed E-state index contributed by atoms with van der Waals surface area (Å²) < 4.78 is 11.1. The first-order valence-electron chi connectivity index (χ1n) is 18.8. The molecular formula is C46H52N4OPt. The third-order valence-corrected chi connectivity index (χ3v) is 10.6. The van der Waals surface area contributed by atoms with E-state index in [1.54, 1.807) is 0 Å². The van der Waals surface area contributed by atoms with Gasteiger partial charge in [-0.25, -0.2) is 4.98 Å². The molecule has 0 aliphatic heterocycles. The fourth-order valence-electron chi connectivity index (χ4n) is 8.48. The van der Waals surface area contributed by atoms with Crippen LogP contribution in [0.25, 0.3) is 33.3 Å². The van der Waals surface area contributed by atoms with Gasteiger partial charge >= 0.3 is 21.1 Å². The topological polar surface area (TPSA) is 44.9 Å². The molecule has 3 aromatic heterocycles. The summed E-state index contributed by atoms with van der Waals surface area (Å²) >= 11 is 0. The number of fused-ring (bicyclic) bond motifs is 3. The van der Waals surface area contributed by atoms with Gasteiger partial charge < -0.3 is 9.30 Å². The minimum absolute atomic E-state index is 0. The van der Waals surface area contributed by atoms with Gasteiger partial charge in [0.2, 0.25) is 0 Å². The number of pyridine rings is 1. The Bertz CT molecular complexity index is 2270. The van der Waals surface area contributed by atoms with Crippen molar-refractivity contribution in [3.63, 3.8) is 0 Å². The van der Waals surface area contributed by atoms with Crippen molar-refractivity contribution in [3.05, 3.63) is 119 Å². The maximum Gasteiger partial charge on any atom is 2.00 e. The van der Waals surface area contributed by atoms with Crippen molar-refractivity contribution < 1.29 is 25.8 Å². The molecule has 0 amide bonds. The fourth-order valence-corrected chi connectivity index (χ4v) is 8.48. The molecule has 0 saturated carbocycles. The third-order valence-electron chi connectivity index (χ3n) is 10.6. The summed E-state index contributed by atoms with van der Waals surface area (Å²) in [5.41, 5.74) is 10.4. The number of para-hydroxylation sites is 1. The normalized spacial score (nSPS) is 17.8. The second-order valence-corrected chi connectivity index (χ2v) is 16.2. The van der Waals surface area contributed by atoms with Crippen LogP contribution in [0.4, 0.5) is 0 Å². The van der Waals surface area contributed by atoms with Gasteiger partial charge in [0.15, 0.2) is 0 Å². The molecule has 7 rings (SSSR count). The van der Waals surface area contributed by atoms with E-state index in [0.717, 1.165) is 46.5 Å². The van der Waals surface area contributed by atoms with Gasteiger partial charge in [0, 0.05) is 40.1 Å². The Balaban J connectivity index is 0.00000464. The van der Waals surface area contributed by atoms with Crippen molar-refractivity contribution in [2.24, 2.45) is 11.8 Å². The van der Waals surface area contributed by atoms with Gasteiger partial charge in [-0.15, -0.1) is 41.3 Å². The van der Waals surface area contributed by atoms with Crippen LogP contribution in [0.5, 0.6) is 11.5 Å². The average molecular weight is 872 g/mol. The second kappa shape index (κ2) is 14.8. The average Bonchev–Trinajstić information content (AvgIpc) is 3.59. The summed E-state index contributed by atoms with van der Waals surface area (Å²) in [6, 6.07) is 28.6. The van der Waals surface area contributed by atoms with Crippen LogP contribution in [0.1, 0.15) is 115 Å². The smallest absolute Gasteiger partial charge is 0.509 e. The molecule has 1 unspecified atom stereocenters. The fraction of sp³-hybridized carbons (Fsp3) is 0.391. The molecule has 0 radical (unpaired) electrons. The zero-order valence-electron chi connectivity index (χ0n) is 32.4. The van der Waals surface area contributed by atoms with E-state index in [4.69, 9.17) is 14.8 Å². The molecule has 0 saturated heterocycles. The molecule has 1 aliphatic carbocycles. The first-order valence-corrected chi connectivity index (χ1v) is 18.8. The number of allylic oxidation sites excluding steroid dienone is 2. The molecule has 3 aromatic carbocycles. The molecule has 3 atom stereocenters. The number of nitrogens with zero attached hydrogens (tertiary/aromatic N) is 4. The minimum atomic E-state index is -0.142. The molecule has 0 bridgehead atoms. The van der Waals surface area contributed by atoms with Crippen molar-refractivity contribution in [1.82, 2.24) is 19.3 Å². The monoisotopic (exact) mass is 871 g/mol. The zero-order valence-corrected chi connectivity index (χ0v) is 34.6. The van der Waals surface area contributed by atoms with E-state index < -0.39 is 0 Å². The van der Waals surface area contributed by atoms with Crippen LogP contribution < -0.4 is 4.74 Å². The summed E-state index contributed by atoms with van der Waals surface area (Å²) in [5, 5.41) is 7.56. The first kappa shape index (κ1) is 37.8. The minimum Gasteiger partial charge on any atom is -0.509 e. The molecule has 272 valence electrons. The molecule has 5 nitrogen and oxygen atoms in total. The third kappa shape index (κ3) is 7.06. The van der Waals surface area contributed by atoms with Gasteiger partial charge in [-0.05, 0) is 79.3 Å². The summed E-state index contributed by atoms with van der Waals surface area (Å²) in [4.78, 5) is 4.82. The molecule has 0 spiro atoms. The van der Waals surface area contributed by atoms with E-state index in [9.17, 15) is 0 Å². The van der Waals surface area contributed by atoms with Crippen molar-refractivity contribution in [2.75, 3.05) is 0 Å². The van der Waals surface area contributed by atoms with Crippen molar-refractivity contribution >= 4 is 21.8 Å². The molecule has 0 fully saturated rings. The van der Waals surface area contributed by atoms with Gasteiger partial charge in [-0.1, -0.05) is 97.2 Å². The second-order valence-electron chi connectivity index (χ2n) is 16.2. The first-order chi connectivity index (χ1) is 24.3. The van der Waals surface area contributed by atoms with Gasteiger partial charge in [-0.2, -0.15) is 11.2 Å². The van der Waals surface area contributed by atoms with E-state index in [1.807, 2.05) is 12.3 Å². The van der Waals surface area contributed by atoms with E-state index in [-0.39, 0.29) is 32.4 Å². The molecule has 0 N–H and O–H groups in total. The number of aryl methyl sites for hydroxylation is 2. The Morgan fingerprint density at radius 1 is 0.942 bits per heavy atom. The Kier molecular flexibility index (Phi) is 10.8. The van der Waals surface area contributed by atoms with Crippen molar-refractivity contribution in [3.8, 4) is 23.0 Å². The Morgan fingerprint density at radius 2 is 1.71 bits per heavy atom. The van der Waals surface area contributed by atoms with Crippen LogP contribution in [0.2, 0.25) is 0 Å². The van der Waals surface area contributed by atoms with Gasteiger partial charge in [-0.3, -0.25) is 4.68 Å². The summed E-state index contributed by atoms with van der Waals surface area (Å²) in [7, 11) is 0. The Hall–Kier alpha value is -3.95.